The number of carbonyl (C=O) groups excluding carboxylic acids is 1. The van der Waals surface area contributed by atoms with Crippen molar-refractivity contribution in [1.82, 2.24) is 9.80 Å². The maximum Gasteiger partial charge on any atom is 0.323 e. The van der Waals surface area contributed by atoms with E-state index in [0.29, 0.717) is 13.1 Å². The van der Waals surface area contributed by atoms with Crippen LogP contribution < -0.4 is 0 Å². The topological polar surface area (TPSA) is 60.9 Å². The average Bonchev–Trinajstić information content (AvgIpc) is 3.23. The summed E-state index contributed by atoms with van der Waals surface area (Å²) in [4.78, 5) is 27.0. The van der Waals surface area contributed by atoms with E-state index < -0.39 is 5.97 Å². The summed E-state index contributed by atoms with van der Waals surface area (Å²) in [5, 5.41) is 9.02. The molecule has 0 aromatic heterocycles. The number of hydrogen-bond donors (Lipinski definition) is 1. The first-order valence-electron chi connectivity index (χ1n) is 7.61. The number of likely N-dealkylation sites (N-methyl/N-ethyl adjacent to an activating group) is 1. The lowest BCUT2D eigenvalue weighted by Gasteiger charge is -2.23. The fourth-order valence-corrected chi connectivity index (χ4v) is 2.80. The third-order valence-electron chi connectivity index (χ3n) is 4.15. The molecule has 2 rings (SSSR count). The number of nitrogens with zero attached hydrogens (tertiary/aromatic N) is 2. The van der Waals surface area contributed by atoms with Crippen molar-refractivity contribution in [2.45, 2.75) is 19.3 Å². The molecule has 1 fully saturated rings. The monoisotopic (exact) mass is 304 g/mol. The van der Waals surface area contributed by atoms with Crippen LogP contribution in [0.25, 0.3) is 0 Å². The summed E-state index contributed by atoms with van der Waals surface area (Å²) in [7, 11) is 3.83. The second kappa shape index (κ2) is 6.92. The predicted molar refractivity (Wildman–Crippen MR) is 84.8 cm³/mol. The highest BCUT2D eigenvalue weighted by molar-refractivity contribution is 5.86. The molecule has 1 aromatic rings. The van der Waals surface area contributed by atoms with Crippen LogP contribution in [-0.4, -0.2) is 60.5 Å². The van der Waals surface area contributed by atoms with E-state index in [9.17, 15) is 9.59 Å². The highest BCUT2D eigenvalue weighted by Crippen LogP contribution is 2.49. The van der Waals surface area contributed by atoms with Crippen LogP contribution >= 0.6 is 0 Å². The molecule has 5 heteroatoms. The summed E-state index contributed by atoms with van der Waals surface area (Å²) in [5.74, 6) is -0.815. The van der Waals surface area contributed by atoms with E-state index in [1.165, 1.54) is 16.0 Å². The second-order valence-electron chi connectivity index (χ2n) is 6.26. The zero-order valence-electron chi connectivity index (χ0n) is 13.5. The summed E-state index contributed by atoms with van der Waals surface area (Å²) in [6.07, 6.45) is 0.821. The van der Waals surface area contributed by atoms with Gasteiger partial charge in [0.15, 0.2) is 0 Å². The molecular weight excluding hydrogens is 280 g/mol. The first kappa shape index (κ1) is 16.5. The van der Waals surface area contributed by atoms with Crippen LogP contribution in [0.5, 0.6) is 0 Å². The molecule has 0 bridgehead atoms. The highest BCUT2D eigenvalue weighted by Gasteiger charge is 2.46. The minimum atomic E-state index is -0.958. The van der Waals surface area contributed by atoms with Crippen LogP contribution in [0.4, 0.5) is 0 Å². The third-order valence-corrected chi connectivity index (χ3v) is 4.15. The zero-order valence-corrected chi connectivity index (χ0v) is 13.5. The van der Waals surface area contributed by atoms with Crippen LogP contribution in [0, 0.1) is 12.8 Å². The molecule has 0 saturated heterocycles. The smallest absolute Gasteiger partial charge is 0.323 e. The molecular formula is C17H24N2O3. The van der Waals surface area contributed by atoms with E-state index in [0.717, 1.165) is 6.42 Å². The number of carboxylic acid groups (broad SMARTS) is 1. The van der Waals surface area contributed by atoms with Crippen molar-refractivity contribution in [1.29, 1.82) is 0 Å². The van der Waals surface area contributed by atoms with E-state index in [2.05, 4.69) is 19.1 Å². The number of carbonyl (C=O) groups is 2. The summed E-state index contributed by atoms with van der Waals surface area (Å²) in [6, 6.07) is 8.10. The molecule has 0 unspecified atom stereocenters. The zero-order chi connectivity index (χ0) is 16.3. The van der Waals surface area contributed by atoms with Crippen LogP contribution in [0.15, 0.2) is 24.3 Å². The molecule has 2 atom stereocenters. The molecule has 22 heavy (non-hydrogen) atoms. The fourth-order valence-electron chi connectivity index (χ4n) is 2.80. The number of hydrogen-bond acceptors (Lipinski definition) is 3. The van der Waals surface area contributed by atoms with E-state index in [1.807, 2.05) is 31.1 Å². The van der Waals surface area contributed by atoms with Gasteiger partial charge in [-0.1, -0.05) is 24.3 Å². The van der Waals surface area contributed by atoms with E-state index in [4.69, 9.17) is 5.11 Å². The molecule has 1 saturated carbocycles. The lowest BCUT2D eigenvalue weighted by molar-refractivity contribution is -0.145. The van der Waals surface area contributed by atoms with Gasteiger partial charge in [0.25, 0.3) is 0 Å². The molecule has 0 heterocycles. The van der Waals surface area contributed by atoms with Gasteiger partial charge < -0.3 is 14.9 Å². The Hall–Kier alpha value is -1.88. The SMILES string of the molecule is Cc1ccccc1[C@@H]1C[C@@H]1C(=O)N(CCN(C)C)CC(=O)O. The average molecular weight is 304 g/mol. The number of aliphatic carboxylic acids is 1. The minimum absolute atomic E-state index is 0.0301. The third kappa shape index (κ3) is 4.07. The molecule has 1 N–H and O–H groups in total. The molecule has 1 amide bonds. The summed E-state index contributed by atoms with van der Waals surface area (Å²) < 4.78 is 0. The Bertz CT molecular complexity index is 557. The largest absolute Gasteiger partial charge is 0.480 e. The van der Waals surface area contributed by atoms with E-state index in [-0.39, 0.29) is 24.3 Å². The van der Waals surface area contributed by atoms with Crippen LogP contribution in [0.3, 0.4) is 0 Å². The number of rotatable bonds is 7. The van der Waals surface area contributed by atoms with Gasteiger partial charge in [0.1, 0.15) is 6.54 Å². The van der Waals surface area contributed by atoms with E-state index >= 15 is 0 Å². The first-order chi connectivity index (χ1) is 10.4. The molecule has 1 aliphatic rings. The Labute approximate surface area is 131 Å². The van der Waals surface area contributed by atoms with Gasteiger partial charge in [0.05, 0.1) is 0 Å². The second-order valence-corrected chi connectivity index (χ2v) is 6.26. The number of amides is 1. The summed E-state index contributed by atoms with van der Waals surface area (Å²) in [5.41, 5.74) is 2.41. The predicted octanol–water partition coefficient (Wildman–Crippen LogP) is 1.57. The van der Waals surface area contributed by atoms with Crippen molar-refractivity contribution in [3.05, 3.63) is 35.4 Å². The Balaban J connectivity index is 2.02. The van der Waals surface area contributed by atoms with Gasteiger partial charge in [-0.2, -0.15) is 0 Å². The van der Waals surface area contributed by atoms with Gasteiger partial charge in [-0.15, -0.1) is 0 Å². The molecule has 5 nitrogen and oxygen atoms in total. The Morgan fingerprint density at radius 3 is 2.50 bits per heavy atom. The molecule has 0 spiro atoms. The molecule has 1 aliphatic carbocycles. The lowest BCUT2D eigenvalue weighted by atomic mass is 10.0. The molecule has 0 radical (unpaired) electrons. The fraction of sp³-hybridized carbons (Fsp3) is 0.529. The van der Waals surface area contributed by atoms with Crippen LogP contribution in [0.2, 0.25) is 0 Å². The van der Waals surface area contributed by atoms with Gasteiger partial charge in [-0.05, 0) is 44.5 Å². The number of aryl methyl sites for hydroxylation is 1. The van der Waals surface area contributed by atoms with Crippen molar-refractivity contribution in [3.63, 3.8) is 0 Å². The standard InChI is InChI=1S/C17H24N2O3/c1-12-6-4-5-7-13(12)14-10-15(14)17(22)19(11-16(20)21)9-8-18(2)3/h4-7,14-15H,8-11H2,1-3H3,(H,20,21)/t14-,15-/m0/s1. The van der Waals surface area contributed by atoms with Crippen molar-refractivity contribution in [2.75, 3.05) is 33.7 Å². The Kier molecular flexibility index (Phi) is 5.19. The molecule has 120 valence electrons. The first-order valence-corrected chi connectivity index (χ1v) is 7.61. The van der Waals surface area contributed by atoms with Crippen molar-refractivity contribution in [3.8, 4) is 0 Å². The van der Waals surface area contributed by atoms with Gasteiger partial charge in [-0.3, -0.25) is 9.59 Å². The summed E-state index contributed by atoms with van der Waals surface area (Å²) in [6.45, 7) is 2.95. The van der Waals surface area contributed by atoms with Crippen molar-refractivity contribution >= 4 is 11.9 Å². The van der Waals surface area contributed by atoms with Crippen LogP contribution in [0.1, 0.15) is 23.5 Å². The molecule has 1 aromatic carbocycles. The van der Waals surface area contributed by atoms with Crippen LogP contribution in [-0.2, 0) is 9.59 Å². The lowest BCUT2D eigenvalue weighted by Crippen LogP contribution is -2.41. The Morgan fingerprint density at radius 2 is 1.91 bits per heavy atom. The van der Waals surface area contributed by atoms with Gasteiger partial charge in [0, 0.05) is 19.0 Å². The summed E-state index contributed by atoms with van der Waals surface area (Å²) >= 11 is 0. The number of benzene rings is 1. The van der Waals surface area contributed by atoms with Gasteiger partial charge >= 0.3 is 5.97 Å². The minimum Gasteiger partial charge on any atom is -0.480 e. The highest BCUT2D eigenvalue weighted by atomic mass is 16.4. The molecule has 0 aliphatic heterocycles. The normalized spacial score (nSPS) is 20.0. The van der Waals surface area contributed by atoms with Gasteiger partial charge in [-0.25, -0.2) is 0 Å². The quantitative estimate of drug-likeness (QED) is 0.831. The Morgan fingerprint density at radius 1 is 1.23 bits per heavy atom. The maximum atomic E-state index is 12.6. The van der Waals surface area contributed by atoms with Crippen molar-refractivity contribution < 1.29 is 14.7 Å². The maximum absolute atomic E-state index is 12.6. The number of carboxylic acids is 1. The van der Waals surface area contributed by atoms with E-state index in [1.54, 1.807) is 0 Å². The van der Waals surface area contributed by atoms with Gasteiger partial charge in [0.2, 0.25) is 5.91 Å². The van der Waals surface area contributed by atoms with Crippen molar-refractivity contribution in [2.24, 2.45) is 5.92 Å².